The van der Waals surface area contributed by atoms with Crippen LogP contribution < -0.4 is 5.73 Å². The second kappa shape index (κ2) is 6.86. The molecule has 0 aliphatic carbocycles. The van der Waals surface area contributed by atoms with Gasteiger partial charge in [-0.15, -0.1) is 0 Å². The number of aliphatic hydroxyl groups excluding tert-OH is 1. The number of carbonyl (C=O) groups excluding carboxylic acids is 2. The molecule has 1 aromatic rings. The lowest BCUT2D eigenvalue weighted by molar-refractivity contribution is -0.384. The SMILES string of the molecule is NC(=O)CN1C=CN(S(=O)(=O)c2ccc([N+](=O)[O-])cc2)[C@@H](CO)C1=O. The minimum absolute atomic E-state index is 0.294. The zero-order chi connectivity index (χ0) is 18.8. The summed E-state index contributed by atoms with van der Waals surface area (Å²) < 4.78 is 25.9. The minimum Gasteiger partial charge on any atom is -0.394 e. The Morgan fingerprint density at radius 3 is 2.36 bits per heavy atom. The van der Waals surface area contributed by atoms with Crippen molar-refractivity contribution in [2.75, 3.05) is 13.2 Å². The van der Waals surface area contributed by atoms with Gasteiger partial charge in [-0.05, 0) is 12.1 Å². The maximum Gasteiger partial charge on any atom is 0.269 e. The molecular weight excluding hydrogens is 356 g/mol. The van der Waals surface area contributed by atoms with Crippen LogP contribution in [0.1, 0.15) is 0 Å². The van der Waals surface area contributed by atoms with Gasteiger partial charge in [0.1, 0.15) is 12.6 Å². The van der Waals surface area contributed by atoms with Crippen molar-refractivity contribution < 1.29 is 28.0 Å². The fourth-order valence-corrected chi connectivity index (χ4v) is 3.62. The molecule has 11 nitrogen and oxygen atoms in total. The summed E-state index contributed by atoms with van der Waals surface area (Å²) in [5.41, 5.74) is 4.71. The zero-order valence-corrected chi connectivity index (χ0v) is 13.5. The molecule has 12 heteroatoms. The number of sulfonamides is 1. The fraction of sp³-hybridized carbons (Fsp3) is 0.231. The predicted molar refractivity (Wildman–Crippen MR) is 83.0 cm³/mol. The first kappa shape index (κ1) is 18.4. The van der Waals surface area contributed by atoms with E-state index in [1.165, 1.54) is 0 Å². The van der Waals surface area contributed by atoms with Gasteiger partial charge in [-0.25, -0.2) is 8.42 Å². The Kier molecular flexibility index (Phi) is 5.04. The number of non-ortho nitro benzene ring substituents is 1. The van der Waals surface area contributed by atoms with Crippen LogP contribution >= 0.6 is 0 Å². The largest absolute Gasteiger partial charge is 0.394 e. The zero-order valence-electron chi connectivity index (χ0n) is 12.7. The monoisotopic (exact) mass is 370 g/mol. The number of nitro benzene ring substituents is 1. The molecule has 1 atom stereocenters. The number of benzene rings is 1. The first-order chi connectivity index (χ1) is 11.7. The Bertz CT molecular complexity index is 834. The van der Waals surface area contributed by atoms with Crippen LogP contribution in [-0.2, 0) is 19.6 Å². The van der Waals surface area contributed by atoms with Crippen molar-refractivity contribution in [3.8, 4) is 0 Å². The number of nitro groups is 1. The van der Waals surface area contributed by atoms with Crippen molar-refractivity contribution in [3.63, 3.8) is 0 Å². The van der Waals surface area contributed by atoms with Crippen LogP contribution in [0.4, 0.5) is 5.69 Å². The number of nitrogens with zero attached hydrogens (tertiary/aromatic N) is 3. The number of hydrogen-bond acceptors (Lipinski definition) is 7. The van der Waals surface area contributed by atoms with Gasteiger partial charge in [0.05, 0.1) is 16.4 Å². The summed E-state index contributed by atoms with van der Waals surface area (Å²) in [6.45, 7) is -1.29. The summed E-state index contributed by atoms with van der Waals surface area (Å²) >= 11 is 0. The van der Waals surface area contributed by atoms with Crippen LogP contribution in [0.5, 0.6) is 0 Å². The van der Waals surface area contributed by atoms with Gasteiger partial charge in [0.15, 0.2) is 0 Å². The summed E-state index contributed by atoms with van der Waals surface area (Å²) in [6, 6.07) is 2.58. The van der Waals surface area contributed by atoms with Crippen molar-refractivity contribution in [2.24, 2.45) is 5.73 Å². The summed E-state index contributed by atoms with van der Waals surface area (Å²) in [5.74, 6) is -1.63. The summed E-state index contributed by atoms with van der Waals surface area (Å²) in [7, 11) is -4.25. The topological polar surface area (TPSA) is 164 Å². The van der Waals surface area contributed by atoms with Crippen molar-refractivity contribution >= 4 is 27.5 Å². The van der Waals surface area contributed by atoms with Crippen molar-refractivity contribution in [1.29, 1.82) is 0 Å². The van der Waals surface area contributed by atoms with Gasteiger partial charge in [-0.1, -0.05) is 0 Å². The molecule has 2 rings (SSSR count). The Morgan fingerprint density at radius 2 is 1.88 bits per heavy atom. The van der Waals surface area contributed by atoms with Crippen molar-refractivity contribution in [1.82, 2.24) is 9.21 Å². The van der Waals surface area contributed by atoms with Gasteiger partial charge in [0, 0.05) is 24.5 Å². The van der Waals surface area contributed by atoms with Crippen LogP contribution in [-0.4, -0.2) is 58.7 Å². The molecular formula is C13H14N4O7S. The van der Waals surface area contributed by atoms with E-state index in [0.29, 0.717) is 4.31 Å². The van der Waals surface area contributed by atoms with Gasteiger partial charge in [0.25, 0.3) is 21.6 Å². The van der Waals surface area contributed by atoms with Gasteiger partial charge in [-0.2, -0.15) is 0 Å². The van der Waals surface area contributed by atoms with Gasteiger partial charge < -0.3 is 15.7 Å². The van der Waals surface area contributed by atoms with Crippen LogP contribution in [0.3, 0.4) is 0 Å². The third-order valence-electron chi connectivity index (χ3n) is 3.39. The molecule has 0 radical (unpaired) electrons. The number of rotatable bonds is 6. The van der Waals surface area contributed by atoms with Crippen LogP contribution in [0.25, 0.3) is 0 Å². The lowest BCUT2D eigenvalue weighted by Gasteiger charge is -2.34. The normalized spacial score (nSPS) is 17.6. The third-order valence-corrected chi connectivity index (χ3v) is 5.19. The molecule has 1 aliphatic heterocycles. The molecule has 0 saturated heterocycles. The van der Waals surface area contributed by atoms with Crippen molar-refractivity contribution in [3.05, 3.63) is 46.8 Å². The first-order valence-corrected chi connectivity index (χ1v) is 8.28. The van der Waals surface area contributed by atoms with E-state index in [0.717, 1.165) is 41.6 Å². The molecule has 0 saturated carbocycles. The van der Waals surface area contributed by atoms with Gasteiger partial charge >= 0.3 is 0 Å². The van der Waals surface area contributed by atoms with Gasteiger partial charge in [-0.3, -0.25) is 24.0 Å². The standard InChI is InChI=1S/C13H14N4O7S/c14-12(19)7-15-5-6-16(11(8-18)13(15)20)25(23,24)10-3-1-9(2-4-10)17(21)22/h1-6,11,18H,7-8H2,(H2,14,19)/t11-/m0/s1. The number of carbonyl (C=O) groups is 2. The van der Waals surface area contributed by atoms with E-state index >= 15 is 0 Å². The number of amides is 2. The summed E-state index contributed by atoms with van der Waals surface area (Å²) in [4.78, 5) is 33.7. The summed E-state index contributed by atoms with van der Waals surface area (Å²) in [5, 5.41) is 20.1. The average Bonchev–Trinajstić information content (AvgIpc) is 2.56. The van der Waals surface area contributed by atoms with Crippen LogP contribution in [0, 0.1) is 10.1 Å². The number of aliphatic hydroxyl groups is 1. The van der Waals surface area contributed by atoms with Crippen LogP contribution in [0.15, 0.2) is 41.6 Å². The Hall–Kier alpha value is -2.99. The van der Waals surface area contributed by atoms with E-state index in [9.17, 15) is 33.2 Å². The highest BCUT2D eigenvalue weighted by molar-refractivity contribution is 7.89. The Morgan fingerprint density at radius 1 is 1.28 bits per heavy atom. The lowest BCUT2D eigenvalue weighted by atomic mass is 10.2. The fourth-order valence-electron chi connectivity index (χ4n) is 2.19. The molecule has 3 N–H and O–H groups in total. The van der Waals surface area contributed by atoms with Crippen LogP contribution in [0.2, 0.25) is 0 Å². The Balaban J connectivity index is 2.39. The predicted octanol–water partition coefficient (Wildman–Crippen LogP) is -1.25. The highest BCUT2D eigenvalue weighted by Gasteiger charge is 2.38. The smallest absolute Gasteiger partial charge is 0.269 e. The second-order valence-electron chi connectivity index (χ2n) is 5.01. The quantitative estimate of drug-likeness (QED) is 0.466. The van der Waals surface area contributed by atoms with E-state index in [-0.39, 0.29) is 10.6 Å². The number of primary amides is 1. The maximum atomic E-state index is 12.6. The van der Waals surface area contributed by atoms with Crippen molar-refractivity contribution in [2.45, 2.75) is 10.9 Å². The molecule has 1 heterocycles. The van der Waals surface area contributed by atoms with E-state index in [1.54, 1.807) is 0 Å². The highest BCUT2D eigenvalue weighted by Crippen LogP contribution is 2.24. The molecule has 0 unspecified atom stereocenters. The first-order valence-electron chi connectivity index (χ1n) is 6.84. The average molecular weight is 370 g/mol. The molecule has 134 valence electrons. The third kappa shape index (κ3) is 3.59. The maximum absolute atomic E-state index is 12.6. The van der Waals surface area contributed by atoms with E-state index < -0.39 is 46.0 Å². The molecule has 0 spiro atoms. The lowest BCUT2D eigenvalue weighted by Crippen LogP contribution is -2.53. The molecule has 25 heavy (non-hydrogen) atoms. The van der Waals surface area contributed by atoms with E-state index in [2.05, 4.69) is 0 Å². The molecule has 0 bridgehead atoms. The molecule has 2 amide bonds. The minimum atomic E-state index is -4.25. The van der Waals surface area contributed by atoms with E-state index in [4.69, 9.17) is 5.73 Å². The van der Waals surface area contributed by atoms with E-state index in [1.807, 2.05) is 0 Å². The molecule has 1 aromatic carbocycles. The highest BCUT2D eigenvalue weighted by atomic mass is 32.2. The Labute approximate surface area is 142 Å². The molecule has 0 aromatic heterocycles. The molecule has 1 aliphatic rings. The number of nitrogens with two attached hydrogens (primary N) is 1. The van der Waals surface area contributed by atoms with Gasteiger partial charge in [0.2, 0.25) is 5.91 Å². The number of hydrogen-bond donors (Lipinski definition) is 2. The second-order valence-corrected chi connectivity index (χ2v) is 6.86. The molecule has 0 fully saturated rings. The summed E-state index contributed by atoms with van der Waals surface area (Å²) in [6.07, 6.45) is 2.07.